The van der Waals surface area contributed by atoms with Gasteiger partial charge in [0.1, 0.15) is 29.4 Å². The predicted molar refractivity (Wildman–Crippen MR) is 109 cm³/mol. The molecule has 3 aromatic heterocycles. The number of imidazole rings is 1. The zero-order valence-electron chi connectivity index (χ0n) is 16.7. The first-order valence-corrected chi connectivity index (χ1v) is 9.98. The van der Waals surface area contributed by atoms with Gasteiger partial charge in [0.2, 0.25) is 5.91 Å². The van der Waals surface area contributed by atoms with Crippen LogP contribution in [0.2, 0.25) is 0 Å². The Morgan fingerprint density at radius 3 is 3.03 bits per heavy atom. The highest BCUT2D eigenvalue weighted by atomic mass is 19.1. The van der Waals surface area contributed by atoms with Gasteiger partial charge in [0.05, 0.1) is 12.3 Å². The molecular formula is C21H22FN7O. The number of nitriles is 1. The second kappa shape index (κ2) is 8.45. The van der Waals surface area contributed by atoms with Crippen molar-refractivity contribution in [1.82, 2.24) is 24.3 Å². The van der Waals surface area contributed by atoms with E-state index >= 15 is 0 Å². The molecule has 30 heavy (non-hydrogen) atoms. The minimum atomic E-state index is -0.363. The molecule has 4 heterocycles. The van der Waals surface area contributed by atoms with Crippen LogP contribution in [0.15, 0.2) is 36.8 Å². The Balaban J connectivity index is 1.62. The summed E-state index contributed by atoms with van der Waals surface area (Å²) < 4.78 is 15.4. The van der Waals surface area contributed by atoms with Crippen LogP contribution in [0.1, 0.15) is 26.2 Å². The highest BCUT2D eigenvalue weighted by molar-refractivity contribution is 5.78. The van der Waals surface area contributed by atoms with E-state index in [-0.39, 0.29) is 24.2 Å². The molecular weight excluding hydrogens is 385 g/mol. The Hall–Kier alpha value is -3.54. The van der Waals surface area contributed by atoms with Crippen LogP contribution in [0.3, 0.4) is 0 Å². The van der Waals surface area contributed by atoms with Gasteiger partial charge in [0.25, 0.3) is 0 Å². The molecule has 1 aliphatic rings. The van der Waals surface area contributed by atoms with Gasteiger partial charge in [-0.15, -0.1) is 0 Å². The maximum Gasteiger partial charge on any atom is 0.236 e. The van der Waals surface area contributed by atoms with Gasteiger partial charge in [-0.25, -0.2) is 19.3 Å². The Morgan fingerprint density at radius 1 is 1.37 bits per heavy atom. The topological polar surface area (TPSA) is 90.4 Å². The van der Waals surface area contributed by atoms with Gasteiger partial charge in [0.15, 0.2) is 5.82 Å². The quantitative estimate of drug-likeness (QED) is 0.646. The number of fused-ring (bicyclic) bond motifs is 1. The fraction of sp³-hybridized carbons (Fsp3) is 0.381. The summed E-state index contributed by atoms with van der Waals surface area (Å²) in [5.41, 5.74) is 1.23. The lowest BCUT2D eigenvalue weighted by Crippen LogP contribution is -2.50. The fourth-order valence-electron chi connectivity index (χ4n) is 3.97. The van der Waals surface area contributed by atoms with Crippen LogP contribution in [0.4, 0.5) is 10.2 Å². The monoisotopic (exact) mass is 407 g/mol. The van der Waals surface area contributed by atoms with Gasteiger partial charge in [0, 0.05) is 38.1 Å². The molecule has 154 valence electrons. The molecule has 8 nitrogen and oxygen atoms in total. The van der Waals surface area contributed by atoms with E-state index in [1.165, 1.54) is 12.3 Å². The number of nitrogens with zero attached hydrogens (tertiary/aromatic N) is 7. The molecule has 9 heteroatoms. The summed E-state index contributed by atoms with van der Waals surface area (Å²) in [5, 5.41) is 8.82. The van der Waals surface area contributed by atoms with Gasteiger partial charge in [-0.2, -0.15) is 5.26 Å². The third-order valence-electron chi connectivity index (χ3n) is 5.39. The molecule has 1 atom stereocenters. The maximum absolute atomic E-state index is 13.7. The minimum Gasteiger partial charge on any atom is -0.352 e. The Labute approximate surface area is 173 Å². The van der Waals surface area contributed by atoms with E-state index in [0.29, 0.717) is 36.8 Å². The summed E-state index contributed by atoms with van der Waals surface area (Å²) >= 11 is 0. The summed E-state index contributed by atoms with van der Waals surface area (Å²) in [6, 6.07) is 6.85. The average molecular weight is 407 g/mol. The Bertz CT molecular complexity index is 1110. The first-order chi connectivity index (χ1) is 14.6. The van der Waals surface area contributed by atoms with Crippen molar-refractivity contribution in [3.63, 3.8) is 0 Å². The van der Waals surface area contributed by atoms with Crippen molar-refractivity contribution in [3.8, 4) is 17.6 Å². The molecule has 0 N–H and O–H groups in total. The van der Waals surface area contributed by atoms with Crippen LogP contribution in [0.25, 0.3) is 17.2 Å². The highest BCUT2D eigenvalue weighted by Crippen LogP contribution is 2.24. The number of likely N-dealkylation sites (tertiary alicyclic amines) is 1. The number of halogens is 1. The van der Waals surface area contributed by atoms with E-state index < -0.39 is 0 Å². The summed E-state index contributed by atoms with van der Waals surface area (Å²) in [6.07, 6.45) is 6.40. The molecule has 0 unspecified atom stereocenters. The number of pyridine rings is 1. The number of rotatable bonds is 5. The lowest BCUT2D eigenvalue weighted by molar-refractivity contribution is -0.131. The molecule has 1 saturated heterocycles. The van der Waals surface area contributed by atoms with Crippen molar-refractivity contribution in [2.24, 2.45) is 0 Å². The van der Waals surface area contributed by atoms with Crippen molar-refractivity contribution in [3.05, 3.63) is 42.6 Å². The standard InChI is InChI=1S/C21H22FN7O/c1-2-28(16-4-3-11-27(14-16)20(30)7-9-23)19-8-10-24-21(26-19)17-12-25-18-6-5-15(22)13-29(17)18/h5-6,8,10,12-13,16H,2-4,7,11,14H2,1H3/t16-/m1/s1. The summed E-state index contributed by atoms with van der Waals surface area (Å²) in [4.78, 5) is 29.5. The third kappa shape index (κ3) is 3.81. The molecule has 0 aliphatic carbocycles. The third-order valence-corrected chi connectivity index (χ3v) is 5.39. The highest BCUT2D eigenvalue weighted by Gasteiger charge is 2.28. The number of hydrogen-bond acceptors (Lipinski definition) is 6. The van der Waals surface area contributed by atoms with Crippen LogP contribution >= 0.6 is 0 Å². The number of anilines is 1. The summed E-state index contributed by atoms with van der Waals surface area (Å²) in [6.45, 7) is 4.00. The number of aromatic nitrogens is 4. The van der Waals surface area contributed by atoms with Gasteiger partial charge in [-0.3, -0.25) is 9.20 Å². The number of piperidine rings is 1. The lowest BCUT2D eigenvalue weighted by atomic mass is 10.0. The van der Waals surface area contributed by atoms with E-state index in [1.807, 2.05) is 19.1 Å². The van der Waals surface area contributed by atoms with Gasteiger partial charge in [-0.1, -0.05) is 0 Å². The molecule has 0 radical (unpaired) electrons. The molecule has 4 rings (SSSR count). The molecule has 0 spiro atoms. The van der Waals surface area contributed by atoms with E-state index in [4.69, 9.17) is 10.2 Å². The van der Waals surface area contributed by atoms with E-state index in [2.05, 4.69) is 14.9 Å². The normalized spacial score (nSPS) is 16.4. The first kappa shape index (κ1) is 19.8. The second-order valence-electron chi connectivity index (χ2n) is 7.21. The number of carbonyl (C=O) groups is 1. The molecule has 0 aromatic carbocycles. The van der Waals surface area contributed by atoms with E-state index in [0.717, 1.165) is 18.7 Å². The van der Waals surface area contributed by atoms with Crippen molar-refractivity contribution >= 4 is 17.4 Å². The minimum absolute atomic E-state index is 0.0959. The smallest absolute Gasteiger partial charge is 0.236 e. The van der Waals surface area contributed by atoms with E-state index in [9.17, 15) is 9.18 Å². The van der Waals surface area contributed by atoms with Crippen molar-refractivity contribution in [1.29, 1.82) is 5.26 Å². The zero-order valence-corrected chi connectivity index (χ0v) is 16.7. The first-order valence-electron chi connectivity index (χ1n) is 9.98. The maximum atomic E-state index is 13.7. The second-order valence-corrected chi connectivity index (χ2v) is 7.21. The zero-order chi connectivity index (χ0) is 21.1. The molecule has 0 saturated carbocycles. The lowest BCUT2D eigenvalue weighted by Gasteiger charge is -2.39. The van der Waals surface area contributed by atoms with Crippen LogP contribution in [0, 0.1) is 17.1 Å². The molecule has 1 aliphatic heterocycles. The van der Waals surface area contributed by atoms with Crippen molar-refractivity contribution in [2.45, 2.75) is 32.2 Å². The largest absolute Gasteiger partial charge is 0.352 e. The predicted octanol–water partition coefficient (Wildman–Crippen LogP) is 2.66. The van der Waals surface area contributed by atoms with Crippen LogP contribution in [-0.4, -0.2) is 55.8 Å². The van der Waals surface area contributed by atoms with Gasteiger partial charge < -0.3 is 9.80 Å². The molecule has 1 amide bonds. The number of amides is 1. The number of carbonyl (C=O) groups excluding carboxylic acids is 1. The summed E-state index contributed by atoms with van der Waals surface area (Å²) in [5.74, 6) is 0.706. The van der Waals surface area contributed by atoms with Crippen LogP contribution in [-0.2, 0) is 4.79 Å². The fourth-order valence-corrected chi connectivity index (χ4v) is 3.97. The number of likely N-dealkylation sites (N-methyl/N-ethyl adjacent to an activating group) is 1. The Morgan fingerprint density at radius 2 is 2.23 bits per heavy atom. The van der Waals surface area contributed by atoms with Crippen molar-refractivity contribution in [2.75, 3.05) is 24.5 Å². The molecule has 3 aromatic rings. The SMILES string of the molecule is CCN(c1ccnc(-c2cnc3ccc(F)cn23)n1)[C@@H]1CCCN(C(=O)CC#N)C1. The summed E-state index contributed by atoms with van der Waals surface area (Å²) in [7, 11) is 0. The average Bonchev–Trinajstić information content (AvgIpc) is 3.18. The van der Waals surface area contributed by atoms with Crippen LogP contribution in [0.5, 0.6) is 0 Å². The Kier molecular flexibility index (Phi) is 5.57. The number of hydrogen-bond donors (Lipinski definition) is 0. The molecule has 1 fully saturated rings. The molecule has 0 bridgehead atoms. The van der Waals surface area contributed by atoms with Crippen molar-refractivity contribution < 1.29 is 9.18 Å². The van der Waals surface area contributed by atoms with E-state index in [1.54, 1.807) is 27.8 Å². The van der Waals surface area contributed by atoms with Crippen LogP contribution < -0.4 is 4.90 Å². The van der Waals surface area contributed by atoms with Gasteiger partial charge in [-0.05, 0) is 38.0 Å². The van der Waals surface area contributed by atoms with Gasteiger partial charge >= 0.3 is 0 Å².